The van der Waals surface area contributed by atoms with Gasteiger partial charge in [-0.3, -0.25) is 9.69 Å². The Hall–Kier alpha value is -2.93. The van der Waals surface area contributed by atoms with Crippen molar-refractivity contribution in [2.75, 3.05) is 7.05 Å². The van der Waals surface area contributed by atoms with Gasteiger partial charge >= 0.3 is 5.97 Å². The number of thioether (sulfide) groups is 1. The SMILES string of the molecule is CN1C(=O)C(=Cc2ccc(C(=O)O)cc2)SC1=Nc1ccccn1. The van der Waals surface area contributed by atoms with Crippen LogP contribution >= 0.6 is 11.8 Å². The van der Waals surface area contributed by atoms with Crippen molar-refractivity contribution in [1.29, 1.82) is 0 Å². The zero-order valence-electron chi connectivity index (χ0n) is 12.7. The number of aliphatic imine (C=N–C) groups is 1. The molecule has 0 spiro atoms. The van der Waals surface area contributed by atoms with Gasteiger partial charge in [-0.05, 0) is 47.7 Å². The highest BCUT2D eigenvalue weighted by atomic mass is 32.2. The highest BCUT2D eigenvalue weighted by Gasteiger charge is 2.30. The number of hydrogen-bond donors (Lipinski definition) is 1. The Labute approximate surface area is 142 Å². The van der Waals surface area contributed by atoms with Gasteiger partial charge < -0.3 is 5.11 Å². The number of carbonyl (C=O) groups excluding carboxylic acids is 1. The molecule has 1 fully saturated rings. The van der Waals surface area contributed by atoms with E-state index in [0.29, 0.717) is 15.9 Å². The standard InChI is InChI=1S/C17H13N3O3S/c1-20-15(21)13(10-11-5-7-12(8-6-11)16(22)23)24-17(20)19-14-4-2-3-9-18-14/h2-10H,1H3,(H,22,23). The Morgan fingerprint density at radius 1 is 1.25 bits per heavy atom. The first-order valence-electron chi connectivity index (χ1n) is 7.05. The number of hydrogen-bond acceptors (Lipinski definition) is 5. The van der Waals surface area contributed by atoms with E-state index in [1.807, 2.05) is 6.07 Å². The summed E-state index contributed by atoms with van der Waals surface area (Å²) in [6.07, 6.45) is 3.36. The molecule has 120 valence electrons. The molecule has 6 nitrogen and oxygen atoms in total. The molecule has 2 heterocycles. The summed E-state index contributed by atoms with van der Waals surface area (Å²) >= 11 is 1.26. The lowest BCUT2D eigenvalue weighted by Crippen LogP contribution is -2.23. The van der Waals surface area contributed by atoms with Crippen LogP contribution in [0.15, 0.2) is 58.6 Å². The number of amidine groups is 1. The van der Waals surface area contributed by atoms with Crippen LogP contribution < -0.4 is 0 Å². The third-order valence-electron chi connectivity index (χ3n) is 3.32. The summed E-state index contributed by atoms with van der Waals surface area (Å²) in [6, 6.07) is 11.7. The first kappa shape index (κ1) is 15.9. The second kappa shape index (κ2) is 6.67. The Balaban J connectivity index is 1.86. The molecule has 1 N–H and O–H groups in total. The Morgan fingerprint density at radius 2 is 2.00 bits per heavy atom. The van der Waals surface area contributed by atoms with Crippen molar-refractivity contribution >= 4 is 40.7 Å². The van der Waals surface area contributed by atoms with Crippen molar-refractivity contribution in [2.45, 2.75) is 0 Å². The van der Waals surface area contributed by atoms with Crippen LogP contribution in [0.25, 0.3) is 6.08 Å². The molecule has 0 saturated carbocycles. The maximum atomic E-state index is 12.3. The summed E-state index contributed by atoms with van der Waals surface area (Å²) in [5, 5.41) is 9.46. The van der Waals surface area contributed by atoms with Crippen LogP contribution in [0.1, 0.15) is 15.9 Å². The highest BCUT2D eigenvalue weighted by Crippen LogP contribution is 2.32. The zero-order valence-corrected chi connectivity index (χ0v) is 13.5. The molecule has 24 heavy (non-hydrogen) atoms. The minimum absolute atomic E-state index is 0.156. The summed E-state index contributed by atoms with van der Waals surface area (Å²) in [5.41, 5.74) is 0.959. The molecule has 0 bridgehead atoms. The number of carboxylic acids is 1. The smallest absolute Gasteiger partial charge is 0.335 e. The van der Waals surface area contributed by atoms with E-state index in [0.717, 1.165) is 5.56 Å². The Kier molecular flexibility index (Phi) is 4.43. The van der Waals surface area contributed by atoms with E-state index >= 15 is 0 Å². The van der Waals surface area contributed by atoms with Gasteiger partial charge in [0.25, 0.3) is 5.91 Å². The van der Waals surface area contributed by atoms with Gasteiger partial charge in [0.05, 0.1) is 10.5 Å². The van der Waals surface area contributed by atoms with Gasteiger partial charge in [0.1, 0.15) is 0 Å². The van der Waals surface area contributed by atoms with Crippen LogP contribution in [-0.2, 0) is 4.79 Å². The van der Waals surface area contributed by atoms with Gasteiger partial charge in [0, 0.05) is 13.2 Å². The second-order valence-corrected chi connectivity index (χ2v) is 5.99. The van der Waals surface area contributed by atoms with Crippen LogP contribution in [0.5, 0.6) is 0 Å². The monoisotopic (exact) mass is 339 g/mol. The summed E-state index contributed by atoms with van der Waals surface area (Å²) in [7, 11) is 1.66. The lowest BCUT2D eigenvalue weighted by molar-refractivity contribution is -0.121. The number of nitrogens with zero attached hydrogens (tertiary/aromatic N) is 3. The van der Waals surface area contributed by atoms with Gasteiger partial charge in [-0.1, -0.05) is 18.2 Å². The summed E-state index contributed by atoms with van der Waals surface area (Å²) < 4.78 is 0. The molecule has 1 aliphatic rings. The van der Waals surface area contributed by atoms with Gasteiger partial charge in [-0.25, -0.2) is 14.8 Å². The lowest BCUT2D eigenvalue weighted by Gasteiger charge is -2.06. The van der Waals surface area contributed by atoms with E-state index in [9.17, 15) is 9.59 Å². The molecule has 2 aromatic rings. The molecule has 1 aliphatic heterocycles. The van der Waals surface area contributed by atoms with Crippen LogP contribution in [-0.4, -0.2) is 39.1 Å². The largest absolute Gasteiger partial charge is 0.478 e. The fraction of sp³-hybridized carbons (Fsp3) is 0.0588. The molecule has 1 aromatic heterocycles. The van der Waals surface area contributed by atoms with Crippen LogP contribution in [0.4, 0.5) is 5.82 Å². The molecule has 3 rings (SSSR count). The number of rotatable bonds is 3. The van der Waals surface area contributed by atoms with Crippen LogP contribution in [0, 0.1) is 0 Å². The van der Waals surface area contributed by atoms with Crippen LogP contribution in [0.3, 0.4) is 0 Å². The molecule has 0 aliphatic carbocycles. The predicted octanol–water partition coefficient (Wildman–Crippen LogP) is 3.01. The van der Waals surface area contributed by atoms with E-state index in [2.05, 4.69) is 9.98 Å². The van der Waals surface area contributed by atoms with Crippen molar-refractivity contribution in [1.82, 2.24) is 9.88 Å². The van der Waals surface area contributed by atoms with E-state index in [4.69, 9.17) is 5.11 Å². The normalized spacial score (nSPS) is 17.7. The van der Waals surface area contributed by atoms with E-state index in [1.165, 1.54) is 28.8 Å². The number of carbonyl (C=O) groups is 2. The number of aromatic nitrogens is 1. The minimum atomic E-state index is -0.981. The van der Waals surface area contributed by atoms with Crippen molar-refractivity contribution in [3.63, 3.8) is 0 Å². The van der Waals surface area contributed by atoms with E-state index < -0.39 is 5.97 Å². The summed E-state index contributed by atoms with van der Waals surface area (Å²) in [6.45, 7) is 0. The van der Waals surface area contributed by atoms with Gasteiger partial charge in [-0.15, -0.1) is 0 Å². The second-order valence-electron chi connectivity index (χ2n) is 4.98. The molecule has 1 saturated heterocycles. The number of amides is 1. The maximum Gasteiger partial charge on any atom is 0.335 e. The molecule has 1 amide bonds. The van der Waals surface area contributed by atoms with Crippen molar-refractivity contribution < 1.29 is 14.7 Å². The average Bonchev–Trinajstić information content (AvgIpc) is 2.84. The zero-order chi connectivity index (χ0) is 17.1. The van der Waals surface area contributed by atoms with Crippen molar-refractivity contribution in [3.8, 4) is 0 Å². The number of aromatic carboxylic acids is 1. The van der Waals surface area contributed by atoms with Crippen molar-refractivity contribution in [3.05, 3.63) is 64.7 Å². The molecular formula is C17H13N3O3S. The summed E-state index contributed by atoms with van der Waals surface area (Å²) in [5.74, 6) is -0.603. The first-order valence-corrected chi connectivity index (χ1v) is 7.87. The minimum Gasteiger partial charge on any atom is -0.478 e. The predicted molar refractivity (Wildman–Crippen MR) is 93.1 cm³/mol. The highest BCUT2D eigenvalue weighted by molar-refractivity contribution is 8.18. The lowest BCUT2D eigenvalue weighted by atomic mass is 10.1. The number of carboxylic acid groups (broad SMARTS) is 1. The quantitative estimate of drug-likeness (QED) is 0.869. The van der Waals surface area contributed by atoms with Crippen LogP contribution in [0.2, 0.25) is 0 Å². The third-order valence-corrected chi connectivity index (χ3v) is 4.38. The fourth-order valence-corrected chi connectivity index (χ4v) is 3.02. The molecule has 0 radical (unpaired) electrons. The Bertz CT molecular complexity index is 845. The molecule has 7 heteroatoms. The Morgan fingerprint density at radius 3 is 2.62 bits per heavy atom. The molecule has 0 atom stereocenters. The number of pyridine rings is 1. The maximum absolute atomic E-state index is 12.3. The van der Waals surface area contributed by atoms with Crippen molar-refractivity contribution in [2.24, 2.45) is 4.99 Å². The third kappa shape index (κ3) is 3.36. The van der Waals surface area contributed by atoms with Gasteiger partial charge in [0.15, 0.2) is 11.0 Å². The van der Waals surface area contributed by atoms with Gasteiger partial charge in [-0.2, -0.15) is 0 Å². The topological polar surface area (TPSA) is 82.9 Å². The van der Waals surface area contributed by atoms with Gasteiger partial charge in [0.2, 0.25) is 0 Å². The molecule has 0 unspecified atom stereocenters. The summed E-state index contributed by atoms with van der Waals surface area (Å²) in [4.78, 5) is 33.7. The molecule has 1 aromatic carbocycles. The van der Waals surface area contributed by atoms with E-state index in [-0.39, 0.29) is 11.5 Å². The molecular weight excluding hydrogens is 326 g/mol. The number of likely N-dealkylation sites (N-methyl/N-ethyl adjacent to an activating group) is 1. The number of benzene rings is 1. The fourth-order valence-electron chi connectivity index (χ4n) is 2.04. The first-order chi connectivity index (χ1) is 11.5. The average molecular weight is 339 g/mol. The van der Waals surface area contributed by atoms with E-state index in [1.54, 1.807) is 43.6 Å².